The number of fused-ring (bicyclic) bond motifs is 2. The monoisotopic (exact) mass is 251 g/mol. The number of hydrogen-bond acceptors (Lipinski definition) is 4. The average molecular weight is 251 g/mol. The van der Waals surface area contributed by atoms with Crippen molar-refractivity contribution in [3.63, 3.8) is 0 Å². The van der Waals surface area contributed by atoms with E-state index >= 15 is 0 Å². The first kappa shape index (κ1) is 11.5. The fourth-order valence-electron chi connectivity index (χ4n) is 3.03. The van der Waals surface area contributed by atoms with Crippen LogP contribution in [-0.4, -0.2) is 45.1 Å². The maximum atomic E-state index is 11.8. The molecule has 2 bridgehead atoms. The van der Waals surface area contributed by atoms with E-state index < -0.39 is 0 Å². The number of nitrogens with zero attached hydrogens (tertiary/aromatic N) is 2. The summed E-state index contributed by atoms with van der Waals surface area (Å²) in [7, 11) is 0. The Morgan fingerprint density at radius 2 is 2.39 bits per heavy atom. The standard InChI is InChI=1S/C11H17N5O2/c17-10(12-4-9-13-11(18)15-14-9)6-16-5-7-1-2-8(16)3-7/h7-8H,1-6H2,(H,12,17)(H2,13,14,15,18)/t7-,8+/m1/s1. The number of hydrogen-bond donors (Lipinski definition) is 3. The number of nitrogens with one attached hydrogen (secondary N) is 3. The van der Waals surface area contributed by atoms with Gasteiger partial charge < -0.3 is 5.32 Å². The molecule has 98 valence electrons. The molecule has 1 aliphatic carbocycles. The highest BCUT2D eigenvalue weighted by Crippen LogP contribution is 2.36. The fraction of sp³-hybridized carbons (Fsp3) is 0.727. The molecular formula is C11H17N5O2. The molecule has 18 heavy (non-hydrogen) atoms. The lowest BCUT2D eigenvalue weighted by Gasteiger charge is -2.25. The number of carbonyl (C=O) groups excluding carboxylic acids is 1. The van der Waals surface area contributed by atoms with Gasteiger partial charge in [0.05, 0.1) is 13.1 Å². The number of amides is 1. The summed E-state index contributed by atoms with van der Waals surface area (Å²) in [6.07, 6.45) is 3.79. The van der Waals surface area contributed by atoms with Crippen molar-refractivity contribution in [1.82, 2.24) is 25.4 Å². The number of aromatic nitrogens is 3. The molecule has 2 atom stereocenters. The summed E-state index contributed by atoms with van der Waals surface area (Å²) in [5.41, 5.74) is -0.351. The minimum absolute atomic E-state index is 0.00796. The van der Waals surface area contributed by atoms with Crippen LogP contribution in [0.1, 0.15) is 25.1 Å². The van der Waals surface area contributed by atoms with Crippen LogP contribution in [0.3, 0.4) is 0 Å². The minimum atomic E-state index is -0.351. The summed E-state index contributed by atoms with van der Waals surface area (Å²) in [6, 6.07) is 0.603. The smallest absolute Gasteiger partial charge is 0.340 e. The number of piperidine rings is 1. The van der Waals surface area contributed by atoms with Gasteiger partial charge in [-0.2, -0.15) is 5.10 Å². The van der Waals surface area contributed by atoms with Gasteiger partial charge in [-0.1, -0.05) is 0 Å². The van der Waals surface area contributed by atoms with Crippen LogP contribution in [0, 0.1) is 5.92 Å². The molecular weight excluding hydrogens is 234 g/mol. The Morgan fingerprint density at radius 1 is 1.50 bits per heavy atom. The summed E-state index contributed by atoms with van der Waals surface area (Å²) >= 11 is 0. The fourth-order valence-corrected chi connectivity index (χ4v) is 3.03. The molecule has 0 radical (unpaired) electrons. The Labute approximate surface area is 104 Å². The van der Waals surface area contributed by atoms with Crippen LogP contribution < -0.4 is 11.0 Å². The highest BCUT2D eigenvalue weighted by molar-refractivity contribution is 5.78. The third kappa shape index (κ3) is 2.31. The van der Waals surface area contributed by atoms with Gasteiger partial charge >= 0.3 is 5.69 Å². The van der Waals surface area contributed by atoms with Crippen LogP contribution in [0.25, 0.3) is 0 Å². The van der Waals surface area contributed by atoms with E-state index in [1.807, 2.05) is 0 Å². The molecule has 2 heterocycles. The maximum absolute atomic E-state index is 11.8. The zero-order valence-electron chi connectivity index (χ0n) is 10.1. The number of carbonyl (C=O) groups is 1. The summed E-state index contributed by atoms with van der Waals surface area (Å²) in [6.45, 7) is 1.77. The molecule has 2 aliphatic rings. The van der Waals surface area contributed by atoms with Crippen molar-refractivity contribution in [3.8, 4) is 0 Å². The number of rotatable bonds is 4. The molecule has 1 aromatic heterocycles. The molecule has 1 aromatic rings. The maximum Gasteiger partial charge on any atom is 0.340 e. The average Bonchev–Trinajstić information content (AvgIpc) is 3.03. The third-order valence-corrected chi connectivity index (χ3v) is 3.87. The van der Waals surface area contributed by atoms with Crippen molar-refractivity contribution in [2.75, 3.05) is 13.1 Å². The van der Waals surface area contributed by atoms with Crippen LogP contribution in [-0.2, 0) is 11.3 Å². The SMILES string of the molecule is O=C(CN1C[C@@H]2CC[C@H]1C2)NCc1n[nH]c(=O)[nH]1. The first-order valence-electron chi connectivity index (χ1n) is 6.35. The highest BCUT2D eigenvalue weighted by Gasteiger charge is 2.38. The van der Waals surface area contributed by atoms with E-state index in [-0.39, 0.29) is 18.1 Å². The lowest BCUT2D eigenvalue weighted by Crippen LogP contribution is -2.41. The van der Waals surface area contributed by atoms with Crippen molar-refractivity contribution >= 4 is 5.91 Å². The van der Waals surface area contributed by atoms with Crippen LogP contribution in [0.2, 0.25) is 0 Å². The van der Waals surface area contributed by atoms with Gasteiger partial charge in [0.25, 0.3) is 0 Å². The van der Waals surface area contributed by atoms with Gasteiger partial charge in [0, 0.05) is 12.6 Å². The Kier molecular flexibility index (Phi) is 2.91. The predicted molar refractivity (Wildman–Crippen MR) is 63.8 cm³/mol. The van der Waals surface area contributed by atoms with Gasteiger partial charge in [-0.3, -0.25) is 14.7 Å². The number of H-pyrrole nitrogens is 2. The molecule has 3 N–H and O–H groups in total. The normalized spacial score (nSPS) is 26.7. The van der Waals surface area contributed by atoms with Crippen LogP contribution in [0.15, 0.2) is 4.79 Å². The summed E-state index contributed by atoms with van der Waals surface area (Å²) in [5.74, 6) is 1.24. The molecule has 2 fully saturated rings. The van der Waals surface area contributed by atoms with Crippen molar-refractivity contribution < 1.29 is 4.79 Å². The van der Waals surface area contributed by atoms with Crippen molar-refractivity contribution in [2.45, 2.75) is 31.8 Å². The van der Waals surface area contributed by atoms with Crippen molar-refractivity contribution in [1.29, 1.82) is 0 Å². The van der Waals surface area contributed by atoms with Crippen LogP contribution >= 0.6 is 0 Å². The van der Waals surface area contributed by atoms with Crippen LogP contribution in [0.5, 0.6) is 0 Å². The molecule has 7 heteroatoms. The van der Waals surface area contributed by atoms with Crippen LogP contribution in [0.4, 0.5) is 0 Å². The van der Waals surface area contributed by atoms with Crippen molar-refractivity contribution in [2.24, 2.45) is 5.92 Å². The van der Waals surface area contributed by atoms with E-state index in [4.69, 9.17) is 0 Å². The second kappa shape index (κ2) is 4.56. The van der Waals surface area contributed by atoms with Gasteiger partial charge in [0.1, 0.15) is 5.82 Å². The molecule has 0 aromatic carbocycles. The van der Waals surface area contributed by atoms with Gasteiger partial charge in [0.2, 0.25) is 5.91 Å². The first-order valence-corrected chi connectivity index (χ1v) is 6.35. The van der Waals surface area contributed by atoms with E-state index in [1.165, 1.54) is 19.3 Å². The molecule has 3 rings (SSSR count). The largest absolute Gasteiger partial charge is 0.348 e. The highest BCUT2D eigenvalue weighted by atomic mass is 16.2. The number of aromatic amines is 2. The van der Waals surface area contributed by atoms with Gasteiger partial charge in [-0.05, 0) is 25.2 Å². The molecule has 1 aliphatic heterocycles. The first-order chi connectivity index (χ1) is 8.70. The zero-order chi connectivity index (χ0) is 12.5. The molecule has 1 saturated heterocycles. The molecule has 7 nitrogen and oxygen atoms in total. The van der Waals surface area contributed by atoms with Gasteiger partial charge in [0.15, 0.2) is 0 Å². The Balaban J connectivity index is 1.46. The second-order valence-electron chi connectivity index (χ2n) is 5.16. The van der Waals surface area contributed by atoms with E-state index in [0.29, 0.717) is 18.4 Å². The van der Waals surface area contributed by atoms with Crippen molar-refractivity contribution in [3.05, 3.63) is 16.3 Å². The van der Waals surface area contributed by atoms with E-state index in [2.05, 4.69) is 25.4 Å². The third-order valence-electron chi connectivity index (χ3n) is 3.87. The zero-order valence-corrected chi connectivity index (χ0v) is 10.1. The van der Waals surface area contributed by atoms with E-state index in [1.54, 1.807) is 0 Å². The summed E-state index contributed by atoms with van der Waals surface area (Å²) in [5, 5.41) is 8.77. The Bertz CT molecular complexity index is 494. The Hall–Kier alpha value is -1.63. The molecule has 0 spiro atoms. The predicted octanol–water partition coefficient (Wildman–Crippen LogP) is -0.801. The minimum Gasteiger partial charge on any atom is -0.348 e. The number of likely N-dealkylation sites (tertiary alicyclic amines) is 1. The molecule has 1 amide bonds. The molecule has 0 unspecified atom stereocenters. The van der Waals surface area contributed by atoms with Gasteiger partial charge in [-0.15, -0.1) is 0 Å². The van der Waals surface area contributed by atoms with Gasteiger partial charge in [-0.25, -0.2) is 9.89 Å². The van der Waals surface area contributed by atoms with E-state index in [0.717, 1.165) is 12.5 Å². The second-order valence-corrected chi connectivity index (χ2v) is 5.16. The Morgan fingerprint density at radius 3 is 3.00 bits per heavy atom. The quantitative estimate of drug-likeness (QED) is 0.653. The summed E-state index contributed by atoms with van der Waals surface area (Å²) < 4.78 is 0. The lowest BCUT2D eigenvalue weighted by atomic mass is 10.1. The topological polar surface area (TPSA) is 93.9 Å². The van der Waals surface area contributed by atoms with E-state index in [9.17, 15) is 9.59 Å². The molecule has 1 saturated carbocycles. The lowest BCUT2D eigenvalue weighted by molar-refractivity contribution is -0.122. The summed E-state index contributed by atoms with van der Waals surface area (Å²) in [4.78, 5) is 27.3.